The van der Waals surface area contributed by atoms with Gasteiger partial charge in [0.2, 0.25) is 5.91 Å². The monoisotopic (exact) mass is 242 g/mol. The van der Waals surface area contributed by atoms with Crippen LogP contribution in [0.3, 0.4) is 0 Å². The van der Waals surface area contributed by atoms with Gasteiger partial charge in [0.05, 0.1) is 18.1 Å². The van der Waals surface area contributed by atoms with Gasteiger partial charge < -0.3 is 5.32 Å². The predicted octanol–water partition coefficient (Wildman–Crippen LogP) is 2.41. The van der Waals surface area contributed by atoms with E-state index in [1.54, 1.807) is 12.1 Å². The van der Waals surface area contributed by atoms with Crippen LogP contribution in [0, 0.1) is 17.2 Å². The molecule has 1 aliphatic carbocycles. The highest BCUT2D eigenvalue weighted by molar-refractivity contribution is 5.78. The van der Waals surface area contributed by atoms with E-state index in [1.807, 2.05) is 12.1 Å². The summed E-state index contributed by atoms with van der Waals surface area (Å²) in [6.07, 6.45) is 3.80. The fourth-order valence-corrected chi connectivity index (χ4v) is 2.50. The van der Waals surface area contributed by atoms with Gasteiger partial charge in [-0.2, -0.15) is 5.26 Å². The molecule has 1 amide bonds. The van der Waals surface area contributed by atoms with E-state index in [9.17, 15) is 4.79 Å². The lowest BCUT2D eigenvalue weighted by molar-refractivity contribution is -0.121. The minimum absolute atomic E-state index is 0.0822. The first kappa shape index (κ1) is 12.6. The molecule has 0 spiro atoms. The second-order valence-electron chi connectivity index (χ2n) is 5.17. The number of rotatable bonds is 3. The quantitative estimate of drug-likeness (QED) is 0.885. The Bertz CT molecular complexity index is 458. The topological polar surface area (TPSA) is 52.9 Å². The molecule has 18 heavy (non-hydrogen) atoms. The van der Waals surface area contributed by atoms with Gasteiger partial charge in [0, 0.05) is 6.04 Å². The molecular formula is C15H18N2O. The largest absolute Gasteiger partial charge is 0.353 e. The molecule has 3 nitrogen and oxygen atoms in total. The van der Waals surface area contributed by atoms with Crippen LogP contribution in [0.1, 0.15) is 37.3 Å². The molecule has 3 heteroatoms. The van der Waals surface area contributed by atoms with Crippen LogP contribution in [0.4, 0.5) is 0 Å². The zero-order valence-electron chi connectivity index (χ0n) is 10.6. The average Bonchev–Trinajstić information content (AvgIpc) is 2.75. The van der Waals surface area contributed by atoms with Gasteiger partial charge in [-0.05, 0) is 42.9 Å². The van der Waals surface area contributed by atoms with E-state index < -0.39 is 0 Å². The van der Waals surface area contributed by atoms with Gasteiger partial charge in [-0.3, -0.25) is 4.79 Å². The summed E-state index contributed by atoms with van der Waals surface area (Å²) in [6.45, 7) is 2.23. The predicted molar refractivity (Wildman–Crippen MR) is 69.8 cm³/mol. The Morgan fingerprint density at radius 1 is 1.39 bits per heavy atom. The fraction of sp³-hybridized carbons (Fsp3) is 0.467. The molecule has 1 saturated carbocycles. The molecule has 0 bridgehead atoms. The van der Waals surface area contributed by atoms with Gasteiger partial charge >= 0.3 is 0 Å². The summed E-state index contributed by atoms with van der Waals surface area (Å²) in [4.78, 5) is 11.9. The molecular weight excluding hydrogens is 224 g/mol. The van der Waals surface area contributed by atoms with Gasteiger partial charge in [0.25, 0.3) is 0 Å². The average molecular weight is 242 g/mol. The lowest BCUT2D eigenvalue weighted by Gasteiger charge is -2.12. The van der Waals surface area contributed by atoms with Crippen LogP contribution in [0.5, 0.6) is 0 Å². The van der Waals surface area contributed by atoms with Crippen molar-refractivity contribution >= 4 is 5.91 Å². The second-order valence-corrected chi connectivity index (χ2v) is 5.17. The lowest BCUT2D eigenvalue weighted by Crippen LogP contribution is -2.34. The number of nitriles is 1. The molecule has 0 radical (unpaired) electrons. The summed E-state index contributed by atoms with van der Waals surface area (Å²) in [5.74, 6) is 0.809. The Morgan fingerprint density at radius 3 is 2.67 bits per heavy atom. The third-order valence-corrected chi connectivity index (χ3v) is 3.51. The van der Waals surface area contributed by atoms with Crippen molar-refractivity contribution in [1.82, 2.24) is 5.32 Å². The van der Waals surface area contributed by atoms with Crippen LogP contribution in [-0.4, -0.2) is 11.9 Å². The number of carbonyl (C=O) groups is 1. The van der Waals surface area contributed by atoms with Crippen LogP contribution < -0.4 is 5.32 Å². The molecule has 2 unspecified atom stereocenters. The molecule has 2 rings (SSSR count). The van der Waals surface area contributed by atoms with E-state index >= 15 is 0 Å². The maximum absolute atomic E-state index is 11.9. The highest BCUT2D eigenvalue weighted by Crippen LogP contribution is 2.24. The Morgan fingerprint density at radius 2 is 2.11 bits per heavy atom. The number of amides is 1. The smallest absolute Gasteiger partial charge is 0.224 e. The van der Waals surface area contributed by atoms with E-state index in [2.05, 4.69) is 18.3 Å². The Hall–Kier alpha value is -1.82. The molecule has 1 N–H and O–H groups in total. The Kier molecular flexibility index (Phi) is 3.99. The first-order valence-electron chi connectivity index (χ1n) is 6.46. The number of nitrogens with one attached hydrogen (secondary N) is 1. The van der Waals surface area contributed by atoms with Crippen LogP contribution in [0.25, 0.3) is 0 Å². The van der Waals surface area contributed by atoms with Gasteiger partial charge in [0.15, 0.2) is 0 Å². The van der Waals surface area contributed by atoms with Crippen molar-refractivity contribution in [2.24, 2.45) is 5.92 Å². The molecule has 1 aromatic carbocycles. The van der Waals surface area contributed by atoms with Gasteiger partial charge in [0.1, 0.15) is 0 Å². The highest BCUT2D eigenvalue weighted by atomic mass is 16.1. The summed E-state index contributed by atoms with van der Waals surface area (Å²) < 4.78 is 0. The van der Waals surface area contributed by atoms with Crippen molar-refractivity contribution in [3.63, 3.8) is 0 Å². The third-order valence-electron chi connectivity index (χ3n) is 3.51. The van der Waals surface area contributed by atoms with Crippen molar-refractivity contribution in [2.75, 3.05) is 0 Å². The maximum atomic E-state index is 11.9. The van der Waals surface area contributed by atoms with Gasteiger partial charge in [-0.25, -0.2) is 0 Å². The Balaban J connectivity index is 1.85. The molecule has 0 heterocycles. The molecule has 2 atom stereocenters. The summed E-state index contributed by atoms with van der Waals surface area (Å²) in [7, 11) is 0. The van der Waals surface area contributed by atoms with E-state index in [0.29, 0.717) is 18.0 Å². The molecule has 0 aliphatic heterocycles. The Labute approximate surface area is 108 Å². The number of nitrogens with zero attached hydrogens (tertiary/aromatic N) is 1. The first-order chi connectivity index (χ1) is 8.67. The zero-order valence-corrected chi connectivity index (χ0v) is 10.6. The molecule has 0 aromatic heterocycles. The zero-order chi connectivity index (χ0) is 13.0. The van der Waals surface area contributed by atoms with Crippen molar-refractivity contribution in [2.45, 2.75) is 38.6 Å². The highest BCUT2D eigenvalue weighted by Gasteiger charge is 2.22. The SMILES string of the molecule is CC1CCC(NC(=O)Cc2ccc(C#N)cc2)C1. The fourth-order valence-electron chi connectivity index (χ4n) is 2.50. The van der Waals surface area contributed by atoms with E-state index in [4.69, 9.17) is 5.26 Å². The van der Waals surface area contributed by atoms with E-state index in [-0.39, 0.29) is 5.91 Å². The maximum Gasteiger partial charge on any atom is 0.224 e. The number of carbonyl (C=O) groups excluding carboxylic acids is 1. The number of benzene rings is 1. The molecule has 1 aliphatic rings. The normalized spacial score (nSPS) is 22.4. The van der Waals surface area contributed by atoms with Crippen LogP contribution in [0.15, 0.2) is 24.3 Å². The van der Waals surface area contributed by atoms with Crippen molar-refractivity contribution in [3.05, 3.63) is 35.4 Å². The van der Waals surface area contributed by atoms with Gasteiger partial charge in [-0.1, -0.05) is 19.1 Å². The van der Waals surface area contributed by atoms with Gasteiger partial charge in [-0.15, -0.1) is 0 Å². The summed E-state index contributed by atoms with van der Waals surface area (Å²) >= 11 is 0. The van der Waals surface area contributed by atoms with Crippen LogP contribution >= 0.6 is 0 Å². The number of hydrogen-bond donors (Lipinski definition) is 1. The summed E-state index contributed by atoms with van der Waals surface area (Å²) in [6, 6.07) is 9.61. The minimum Gasteiger partial charge on any atom is -0.353 e. The van der Waals surface area contributed by atoms with E-state index in [0.717, 1.165) is 24.3 Å². The van der Waals surface area contributed by atoms with Crippen LogP contribution in [-0.2, 0) is 11.2 Å². The van der Waals surface area contributed by atoms with E-state index in [1.165, 1.54) is 6.42 Å². The second kappa shape index (κ2) is 5.68. The number of hydrogen-bond acceptors (Lipinski definition) is 2. The summed E-state index contributed by atoms with van der Waals surface area (Å²) in [5.41, 5.74) is 1.58. The molecule has 94 valence electrons. The lowest BCUT2D eigenvalue weighted by atomic mass is 10.1. The standard InChI is InChI=1S/C15H18N2O/c1-11-2-7-14(8-11)17-15(18)9-12-3-5-13(10-16)6-4-12/h3-6,11,14H,2,7-9H2,1H3,(H,17,18). The molecule has 0 saturated heterocycles. The van der Waals surface area contributed by atoms with Crippen LogP contribution in [0.2, 0.25) is 0 Å². The van der Waals surface area contributed by atoms with Crippen molar-refractivity contribution in [1.29, 1.82) is 5.26 Å². The summed E-state index contributed by atoms with van der Waals surface area (Å²) in [5, 5.41) is 11.8. The van der Waals surface area contributed by atoms with Crippen molar-refractivity contribution in [3.8, 4) is 6.07 Å². The minimum atomic E-state index is 0.0822. The molecule has 1 fully saturated rings. The molecule has 1 aromatic rings. The first-order valence-corrected chi connectivity index (χ1v) is 6.46. The van der Waals surface area contributed by atoms with Crippen molar-refractivity contribution < 1.29 is 4.79 Å². The third kappa shape index (κ3) is 3.33.